The minimum absolute atomic E-state index is 0.235. The van der Waals surface area contributed by atoms with Crippen LogP contribution in [-0.4, -0.2) is 55.2 Å². The first-order valence-corrected chi connectivity index (χ1v) is 10.6. The van der Waals surface area contributed by atoms with Gasteiger partial charge in [0.1, 0.15) is 17.8 Å². The lowest BCUT2D eigenvalue weighted by molar-refractivity contribution is -0.137. The molecule has 1 aliphatic carbocycles. The highest BCUT2D eigenvalue weighted by Gasteiger charge is 2.32. The Kier molecular flexibility index (Phi) is 4.87. The van der Waals surface area contributed by atoms with Gasteiger partial charge in [0.05, 0.1) is 5.69 Å². The third-order valence-electron chi connectivity index (χ3n) is 6.28. The number of aromatic nitrogens is 1. The Morgan fingerprint density at radius 1 is 1.10 bits per heavy atom. The van der Waals surface area contributed by atoms with Gasteiger partial charge in [-0.1, -0.05) is 12.1 Å². The van der Waals surface area contributed by atoms with Crippen molar-refractivity contribution in [1.29, 1.82) is 0 Å². The van der Waals surface area contributed by atoms with Crippen molar-refractivity contribution in [2.45, 2.75) is 37.7 Å². The SMILES string of the molecule is CN1CCN(c2ccc3c(c2)OC(=O)C(c2cccc(OC4CCC4)n2)C3)CC1. The van der Waals surface area contributed by atoms with Crippen LogP contribution < -0.4 is 14.4 Å². The van der Waals surface area contributed by atoms with Gasteiger partial charge in [-0.3, -0.25) is 4.79 Å². The van der Waals surface area contributed by atoms with Crippen LogP contribution in [0.1, 0.15) is 36.4 Å². The third kappa shape index (κ3) is 3.81. The molecular weight excluding hydrogens is 366 g/mol. The Morgan fingerprint density at radius 3 is 2.69 bits per heavy atom. The van der Waals surface area contributed by atoms with Gasteiger partial charge in [0.2, 0.25) is 5.88 Å². The molecule has 3 heterocycles. The number of hydrogen-bond acceptors (Lipinski definition) is 6. The predicted octanol–water partition coefficient (Wildman–Crippen LogP) is 3.01. The monoisotopic (exact) mass is 393 g/mol. The maximum Gasteiger partial charge on any atom is 0.320 e. The second-order valence-electron chi connectivity index (χ2n) is 8.33. The molecule has 152 valence electrons. The highest BCUT2D eigenvalue weighted by molar-refractivity contribution is 5.83. The van der Waals surface area contributed by atoms with E-state index in [0.29, 0.717) is 18.1 Å². The zero-order chi connectivity index (χ0) is 19.8. The molecule has 5 rings (SSSR count). The molecule has 0 N–H and O–H groups in total. The Labute approximate surface area is 171 Å². The maximum absolute atomic E-state index is 12.8. The Hall–Kier alpha value is -2.60. The van der Waals surface area contributed by atoms with Crippen LogP contribution in [0.4, 0.5) is 5.69 Å². The van der Waals surface area contributed by atoms with Crippen LogP contribution in [0.5, 0.6) is 11.6 Å². The van der Waals surface area contributed by atoms with Crippen LogP contribution in [0, 0.1) is 0 Å². The molecule has 1 aromatic carbocycles. The summed E-state index contributed by atoms with van der Waals surface area (Å²) >= 11 is 0. The van der Waals surface area contributed by atoms with Crippen molar-refractivity contribution >= 4 is 11.7 Å². The zero-order valence-electron chi connectivity index (χ0n) is 16.8. The molecule has 0 bridgehead atoms. The lowest BCUT2D eigenvalue weighted by Crippen LogP contribution is -2.44. The van der Waals surface area contributed by atoms with Crippen molar-refractivity contribution in [2.75, 3.05) is 38.1 Å². The van der Waals surface area contributed by atoms with E-state index in [0.717, 1.165) is 56.0 Å². The van der Waals surface area contributed by atoms with Crippen LogP contribution in [0.25, 0.3) is 0 Å². The number of esters is 1. The number of pyridine rings is 1. The molecule has 1 saturated carbocycles. The molecule has 0 radical (unpaired) electrons. The van der Waals surface area contributed by atoms with Gasteiger partial charge in [0.15, 0.2) is 0 Å². The summed E-state index contributed by atoms with van der Waals surface area (Å²) < 4.78 is 11.7. The van der Waals surface area contributed by atoms with Crippen LogP contribution in [0.2, 0.25) is 0 Å². The third-order valence-corrected chi connectivity index (χ3v) is 6.28. The van der Waals surface area contributed by atoms with E-state index in [-0.39, 0.29) is 18.0 Å². The minimum Gasteiger partial charge on any atom is -0.474 e. The number of rotatable bonds is 4. The summed E-state index contributed by atoms with van der Waals surface area (Å²) in [5.74, 6) is 0.670. The molecule has 1 saturated heterocycles. The average molecular weight is 393 g/mol. The second kappa shape index (κ2) is 7.67. The molecule has 0 amide bonds. The number of carbonyl (C=O) groups is 1. The lowest BCUT2D eigenvalue weighted by Gasteiger charge is -2.34. The van der Waals surface area contributed by atoms with E-state index in [9.17, 15) is 4.79 Å². The highest BCUT2D eigenvalue weighted by atomic mass is 16.5. The van der Waals surface area contributed by atoms with E-state index >= 15 is 0 Å². The van der Waals surface area contributed by atoms with E-state index in [1.54, 1.807) is 0 Å². The minimum atomic E-state index is -0.387. The molecule has 2 aliphatic heterocycles. The average Bonchev–Trinajstić information content (AvgIpc) is 2.71. The quantitative estimate of drug-likeness (QED) is 0.588. The van der Waals surface area contributed by atoms with Crippen LogP contribution in [-0.2, 0) is 11.2 Å². The van der Waals surface area contributed by atoms with Gasteiger partial charge in [-0.2, -0.15) is 0 Å². The molecule has 1 atom stereocenters. The first-order chi connectivity index (χ1) is 14.2. The highest BCUT2D eigenvalue weighted by Crippen LogP contribution is 2.36. The van der Waals surface area contributed by atoms with E-state index in [1.807, 2.05) is 24.3 Å². The number of carbonyl (C=O) groups excluding carboxylic acids is 1. The molecule has 3 aliphatic rings. The Balaban J connectivity index is 1.33. The van der Waals surface area contributed by atoms with Gasteiger partial charge < -0.3 is 19.3 Å². The summed E-state index contributed by atoms with van der Waals surface area (Å²) in [7, 11) is 2.15. The molecule has 1 unspecified atom stereocenters. The maximum atomic E-state index is 12.8. The number of piperazine rings is 1. The van der Waals surface area contributed by atoms with Crippen molar-refractivity contribution in [3.63, 3.8) is 0 Å². The van der Waals surface area contributed by atoms with Crippen molar-refractivity contribution in [3.8, 4) is 11.6 Å². The molecule has 1 aromatic heterocycles. The van der Waals surface area contributed by atoms with Crippen molar-refractivity contribution in [1.82, 2.24) is 9.88 Å². The fraction of sp³-hybridized carbons (Fsp3) is 0.478. The fourth-order valence-electron chi connectivity index (χ4n) is 4.13. The first kappa shape index (κ1) is 18.4. The number of nitrogens with zero attached hydrogens (tertiary/aromatic N) is 3. The summed E-state index contributed by atoms with van der Waals surface area (Å²) in [6.07, 6.45) is 4.26. The molecule has 29 heavy (non-hydrogen) atoms. The first-order valence-electron chi connectivity index (χ1n) is 10.6. The second-order valence-corrected chi connectivity index (χ2v) is 8.33. The fourth-order valence-corrected chi connectivity index (χ4v) is 4.13. The molecule has 6 heteroatoms. The topological polar surface area (TPSA) is 54.9 Å². The van der Waals surface area contributed by atoms with Crippen LogP contribution in [0.3, 0.4) is 0 Å². The van der Waals surface area contributed by atoms with E-state index in [1.165, 1.54) is 6.42 Å². The number of likely N-dealkylation sites (N-methyl/N-ethyl adjacent to an activating group) is 1. The summed E-state index contributed by atoms with van der Waals surface area (Å²) in [5, 5.41) is 0. The number of benzene rings is 1. The van der Waals surface area contributed by atoms with E-state index in [4.69, 9.17) is 9.47 Å². The normalized spacial score (nSPS) is 22.6. The molecule has 2 aromatic rings. The number of fused-ring (bicyclic) bond motifs is 1. The lowest BCUT2D eigenvalue weighted by atomic mass is 9.92. The molecule has 2 fully saturated rings. The van der Waals surface area contributed by atoms with Gasteiger partial charge in [0, 0.05) is 44.0 Å². The molecule has 6 nitrogen and oxygen atoms in total. The van der Waals surface area contributed by atoms with Gasteiger partial charge in [-0.15, -0.1) is 0 Å². The van der Waals surface area contributed by atoms with Crippen molar-refractivity contribution in [2.24, 2.45) is 0 Å². The van der Waals surface area contributed by atoms with Gasteiger partial charge in [-0.25, -0.2) is 4.98 Å². The largest absolute Gasteiger partial charge is 0.474 e. The van der Waals surface area contributed by atoms with Crippen molar-refractivity contribution < 1.29 is 14.3 Å². The van der Waals surface area contributed by atoms with E-state index in [2.05, 4.69) is 34.0 Å². The number of anilines is 1. The van der Waals surface area contributed by atoms with Gasteiger partial charge >= 0.3 is 5.97 Å². The van der Waals surface area contributed by atoms with Crippen LogP contribution in [0.15, 0.2) is 36.4 Å². The number of ether oxygens (including phenoxy) is 2. The standard InChI is InChI=1S/C23H27N3O3/c1-25-10-12-26(13-11-25)17-9-8-16-14-19(23(27)29-21(16)15-17)20-6-3-7-22(24-20)28-18-4-2-5-18/h3,6-9,15,18-19H,2,4-5,10-14H2,1H3. The molecular formula is C23H27N3O3. The smallest absolute Gasteiger partial charge is 0.320 e. The Bertz CT molecular complexity index is 904. The number of hydrogen-bond donors (Lipinski definition) is 0. The summed E-state index contributed by atoms with van der Waals surface area (Å²) in [5.41, 5.74) is 2.90. The summed E-state index contributed by atoms with van der Waals surface area (Å²) in [6.45, 7) is 4.07. The summed E-state index contributed by atoms with van der Waals surface area (Å²) in [6, 6.07) is 11.9. The summed E-state index contributed by atoms with van der Waals surface area (Å²) in [4.78, 5) is 22.0. The molecule has 0 spiro atoms. The van der Waals surface area contributed by atoms with Crippen molar-refractivity contribution in [3.05, 3.63) is 47.7 Å². The van der Waals surface area contributed by atoms with Gasteiger partial charge in [-0.05, 0) is 50.4 Å². The van der Waals surface area contributed by atoms with Gasteiger partial charge in [0.25, 0.3) is 0 Å². The van der Waals surface area contributed by atoms with Crippen LogP contribution >= 0.6 is 0 Å². The predicted molar refractivity (Wildman–Crippen MR) is 111 cm³/mol. The zero-order valence-corrected chi connectivity index (χ0v) is 16.8. The van der Waals surface area contributed by atoms with E-state index < -0.39 is 0 Å². The Morgan fingerprint density at radius 2 is 1.93 bits per heavy atom.